The van der Waals surface area contributed by atoms with E-state index in [0.717, 1.165) is 33.9 Å². The van der Waals surface area contributed by atoms with Crippen LogP contribution in [-0.2, 0) is 0 Å². The van der Waals surface area contributed by atoms with Crippen molar-refractivity contribution in [2.75, 3.05) is 9.80 Å². The molecule has 0 amide bonds. The lowest BCUT2D eigenvalue weighted by Gasteiger charge is -2.26. The summed E-state index contributed by atoms with van der Waals surface area (Å²) in [6, 6.07) is 60.8. The van der Waals surface area contributed by atoms with Gasteiger partial charge in [0.25, 0.3) is 0 Å². The van der Waals surface area contributed by atoms with Gasteiger partial charge in [0.1, 0.15) is 0 Å². The Labute approximate surface area is 309 Å². The minimum atomic E-state index is 1.13. The second-order valence-electron chi connectivity index (χ2n) is 13.6. The summed E-state index contributed by atoms with van der Waals surface area (Å²) in [5, 5.41) is 0. The third-order valence-electron chi connectivity index (χ3n) is 9.13. The Morgan fingerprint density at radius 3 is 0.808 bits per heavy atom. The second kappa shape index (κ2) is 15.7. The highest BCUT2D eigenvalue weighted by Gasteiger charge is 2.14. The fraction of sp³-hybridized carbons (Fsp3) is 0.0800. The third kappa shape index (κ3) is 8.31. The van der Waals surface area contributed by atoms with Crippen LogP contribution in [0.1, 0.15) is 44.5 Å². The number of rotatable bonds is 10. The maximum Gasteiger partial charge on any atom is 0.0466 e. The van der Waals surface area contributed by atoms with Gasteiger partial charge in [-0.3, -0.25) is 0 Å². The summed E-state index contributed by atoms with van der Waals surface area (Å²) in [6.07, 6.45) is 8.70. The SMILES string of the molecule is Cc1cc(C)cc(N(c2ccccc2)c2ccc(C=Cc3ccc(C=Cc4ccc(N(c5ccccc5)c5cc(C)cc(C)c5)cc4)cc3)cc2)c1. The summed E-state index contributed by atoms with van der Waals surface area (Å²) in [5.41, 5.74) is 16.6. The predicted molar refractivity (Wildman–Crippen MR) is 225 cm³/mol. The van der Waals surface area contributed by atoms with Crippen molar-refractivity contribution in [2.45, 2.75) is 27.7 Å². The highest BCUT2D eigenvalue weighted by Crippen LogP contribution is 2.37. The Morgan fingerprint density at radius 2 is 0.519 bits per heavy atom. The second-order valence-corrected chi connectivity index (χ2v) is 13.6. The number of anilines is 6. The van der Waals surface area contributed by atoms with Gasteiger partial charge in [-0.15, -0.1) is 0 Å². The summed E-state index contributed by atoms with van der Waals surface area (Å²) in [7, 11) is 0. The molecule has 254 valence electrons. The van der Waals surface area contributed by atoms with E-state index in [1.165, 1.54) is 44.8 Å². The summed E-state index contributed by atoms with van der Waals surface area (Å²) in [6.45, 7) is 8.62. The molecule has 0 fully saturated rings. The van der Waals surface area contributed by atoms with Crippen LogP contribution in [-0.4, -0.2) is 0 Å². The zero-order valence-corrected chi connectivity index (χ0v) is 30.4. The van der Waals surface area contributed by atoms with Gasteiger partial charge in [-0.25, -0.2) is 0 Å². The standard InChI is InChI=1S/C50H44N2/c1-37-31-38(2)34-49(33-37)51(45-11-7-5-8-12-45)47-27-23-43(24-28-47)21-19-41-15-17-42(18-16-41)20-22-44-25-29-48(30-26-44)52(46-13-9-6-10-14-46)50-35-39(3)32-40(4)36-50/h5-36H,1-4H3. The van der Waals surface area contributed by atoms with Crippen molar-refractivity contribution in [1.82, 2.24) is 0 Å². The fourth-order valence-corrected chi connectivity index (χ4v) is 6.78. The lowest BCUT2D eigenvalue weighted by Crippen LogP contribution is -2.10. The van der Waals surface area contributed by atoms with Gasteiger partial charge in [0.05, 0.1) is 0 Å². The molecule has 0 radical (unpaired) electrons. The minimum absolute atomic E-state index is 1.13. The molecule has 7 aromatic carbocycles. The van der Waals surface area contributed by atoms with E-state index in [1.54, 1.807) is 0 Å². The van der Waals surface area contributed by atoms with Crippen LogP contribution in [0.4, 0.5) is 34.1 Å². The number of nitrogens with zero attached hydrogens (tertiary/aromatic N) is 2. The predicted octanol–water partition coefficient (Wildman–Crippen LogP) is 14.2. The smallest absolute Gasteiger partial charge is 0.0466 e. The largest absolute Gasteiger partial charge is 0.310 e. The van der Waals surface area contributed by atoms with Crippen molar-refractivity contribution >= 4 is 58.4 Å². The van der Waals surface area contributed by atoms with E-state index in [4.69, 9.17) is 0 Å². The third-order valence-corrected chi connectivity index (χ3v) is 9.13. The first-order valence-electron chi connectivity index (χ1n) is 17.9. The molecule has 7 rings (SSSR count). The van der Waals surface area contributed by atoms with E-state index in [1.807, 2.05) is 0 Å². The molecule has 0 aromatic heterocycles. The van der Waals surface area contributed by atoms with Gasteiger partial charge in [0.2, 0.25) is 0 Å². The van der Waals surface area contributed by atoms with Crippen LogP contribution in [0.3, 0.4) is 0 Å². The van der Waals surface area contributed by atoms with E-state index >= 15 is 0 Å². The van der Waals surface area contributed by atoms with Gasteiger partial charge in [0, 0.05) is 34.1 Å². The molecule has 0 unspecified atom stereocenters. The number of para-hydroxylation sites is 2. The molecule has 0 aliphatic carbocycles. The van der Waals surface area contributed by atoms with Crippen molar-refractivity contribution in [3.05, 3.63) is 214 Å². The molecule has 0 saturated carbocycles. The maximum absolute atomic E-state index is 2.32. The van der Waals surface area contributed by atoms with Crippen molar-refractivity contribution in [2.24, 2.45) is 0 Å². The van der Waals surface area contributed by atoms with Gasteiger partial charge >= 0.3 is 0 Å². The van der Waals surface area contributed by atoms with E-state index in [2.05, 4.69) is 232 Å². The molecule has 2 heteroatoms. The van der Waals surface area contributed by atoms with Crippen LogP contribution in [0.2, 0.25) is 0 Å². The number of hydrogen-bond donors (Lipinski definition) is 0. The van der Waals surface area contributed by atoms with Crippen LogP contribution in [0.5, 0.6) is 0 Å². The Bertz CT molecular complexity index is 2090. The van der Waals surface area contributed by atoms with E-state index < -0.39 is 0 Å². The average molecular weight is 673 g/mol. The molecule has 0 atom stereocenters. The quantitative estimate of drug-likeness (QED) is 0.133. The molecule has 0 saturated heterocycles. The highest BCUT2D eigenvalue weighted by atomic mass is 15.1. The lowest BCUT2D eigenvalue weighted by molar-refractivity contribution is 1.25. The summed E-state index contributed by atoms with van der Waals surface area (Å²) < 4.78 is 0. The number of hydrogen-bond acceptors (Lipinski definition) is 2. The normalized spacial score (nSPS) is 11.3. The number of benzene rings is 7. The van der Waals surface area contributed by atoms with E-state index in [-0.39, 0.29) is 0 Å². The van der Waals surface area contributed by atoms with Crippen LogP contribution >= 0.6 is 0 Å². The molecular weight excluding hydrogens is 629 g/mol. The summed E-state index contributed by atoms with van der Waals surface area (Å²) in [5.74, 6) is 0. The Morgan fingerprint density at radius 1 is 0.269 bits per heavy atom. The van der Waals surface area contributed by atoms with Gasteiger partial charge in [-0.05, 0) is 145 Å². The van der Waals surface area contributed by atoms with Crippen molar-refractivity contribution in [3.63, 3.8) is 0 Å². The monoisotopic (exact) mass is 672 g/mol. The molecule has 2 nitrogen and oxygen atoms in total. The van der Waals surface area contributed by atoms with Crippen LogP contribution in [0.15, 0.2) is 170 Å². The van der Waals surface area contributed by atoms with Crippen LogP contribution in [0, 0.1) is 27.7 Å². The molecule has 0 spiro atoms. The Hall–Kier alpha value is -6.38. The van der Waals surface area contributed by atoms with Crippen LogP contribution < -0.4 is 9.80 Å². The Balaban J connectivity index is 1.03. The first-order chi connectivity index (χ1) is 25.4. The van der Waals surface area contributed by atoms with Crippen LogP contribution in [0.25, 0.3) is 24.3 Å². The average Bonchev–Trinajstić information content (AvgIpc) is 3.15. The summed E-state index contributed by atoms with van der Waals surface area (Å²) >= 11 is 0. The Kier molecular flexibility index (Phi) is 10.3. The molecule has 7 aromatic rings. The molecule has 0 bridgehead atoms. The van der Waals surface area contributed by atoms with E-state index in [0.29, 0.717) is 0 Å². The van der Waals surface area contributed by atoms with E-state index in [9.17, 15) is 0 Å². The highest BCUT2D eigenvalue weighted by molar-refractivity contribution is 5.80. The number of aryl methyl sites for hydroxylation is 4. The lowest BCUT2D eigenvalue weighted by atomic mass is 10.1. The molecule has 0 aliphatic rings. The molecular formula is C50H44N2. The molecule has 52 heavy (non-hydrogen) atoms. The van der Waals surface area contributed by atoms with Gasteiger partial charge in [0.15, 0.2) is 0 Å². The van der Waals surface area contributed by atoms with Gasteiger partial charge < -0.3 is 9.80 Å². The zero-order chi connectivity index (χ0) is 35.9. The minimum Gasteiger partial charge on any atom is -0.310 e. The topological polar surface area (TPSA) is 6.48 Å². The summed E-state index contributed by atoms with van der Waals surface area (Å²) in [4.78, 5) is 4.64. The first kappa shape index (κ1) is 34.1. The first-order valence-corrected chi connectivity index (χ1v) is 17.9. The molecule has 0 heterocycles. The van der Waals surface area contributed by atoms with Crippen molar-refractivity contribution in [3.8, 4) is 0 Å². The fourth-order valence-electron chi connectivity index (χ4n) is 6.78. The maximum atomic E-state index is 2.32. The van der Waals surface area contributed by atoms with Crippen molar-refractivity contribution < 1.29 is 0 Å². The molecule has 0 aliphatic heterocycles. The van der Waals surface area contributed by atoms with Gasteiger partial charge in [-0.2, -0.15) is 0 Å². The van der Waals surface area contributed by atoms with Gasteiger partial charge in [-0.1, -0.05) is 121 Å². The molecule has 0 N–H and O–H groups in total. The zero-order valence-electron chi connectivity index (χ0n) is 30.4. The van der Waals surface area contributed by atoms with Crippen molar-refractivity contribution in [1.29, 1.82) is 0 Å².